The van der Waals surface area contributed by atoms with Crippen molar-refractivity contribution in [3.05, 3.63) is 29.5 Å². The zero-order valence-corrected chi connectivity index (χ0v) is 13.4. The summed E-state index contributed by atoms with van der Waals surface area (Å²) in [6.07, 6.45) is -1.36. The van der Waals surface area contributed by atoms with E-state index < -0.39 is 17.6 Å². The van der Waals surface area contributed by atoms with Crippen molar-refractivity contribution < 1.29 is 18.0 Å². The second-order valence-electron chi connectivity index (χ2n) is 7.94. The highest BCUT2D eigenvalue weighted by Gasteiger charge is 2.64. The first kappa shape index (κ1) is 15.5. The number of benzene rings is 1. The van der Waals surface area contributed by atoms with E-state index in [1.54, 1.807) is 0 Å². The SMILES string of the molecule is CC1(C)CC2(CC2NC(=O)c2n[nH]c3ccc(C(F)(F)F)cc23)C1. The minimum absolute atomic E-state index is 0.0248. The third-order valence-electron chi connectivity index (χ3n) is 5.26. The molecule has 1 aromatic carbocycles. The molecular formula is C17H18F3N3O. The van der Waals surface area contributed by atoms with E-state index in [9.17, 15) is 18.0 Å². The summed E-state index contributed by atoms with van der Waals surface area (Å²) in [6.45, 7) is 4.41. The van der Waals surface area contributed by atoms with E-state index in [-0.39, 0.29) is 22.5 Å². The van der Waals surface area contributed by atoms with Gasteiger partial charge in [0.05, 0.1) is 11.1 Å². The predicted octanol–water partition coefficient (Wildman–Crippen LogP) is 3.89. The number of H-pyrrole nitrogens is 1. The Morgan fingerprint density at radius 2 is 2.04 bits per heavy atom. The molecule has 2 saturated carbocycles. The fraction of sp³-hybridized carbons (Fsp3) is 0.529. The number of rotatable bonds is 2. The Morgan fingerprint density at radius 3 is 2.67 bits per heavy atom. The molecule has 7 heteroatoms. The molecule has 4 rings (SSSR count). The molecule has 1 heterocycles. The maximum Gasteiger partial charge on any atom is 0.416 e. The van der Waals surface area contributed by atoms with Gasteiger partial charge in [-0.25, -0.2) is 0 Å². The van der Waals surface area contributed by atoms with Crippen LogP contribution >= 0.6 is 0 Å². The molecule has 0 bridgehead atoms. The number of hydrogen-bond donors (Lipinski definition) is 2. The fourth-order valence-electron chi connectivity index (χ4n) is 4.39. The van der Waals surface area contributed by atoms with Crippen molar-refractivity contribution in [2.24, 2.45) is 10.8 Å². The lowest BCUT2D eigenvalue weighted by molar-refractivity contribution is -0.137. The van der Waals surface area contributed by atoms with Gasteiger partial charge in [0.15, 0.2) is 5.69 Å². The highest BCUT2D eigenvalue weighted by atomic mass is 19.4. The van der Waals surface area contributed by atoms with Crippen LogP contribution in [0, 0.1) is 10.8 Å². The van der Waals surface area contributed by atoms with E-state index in [1.807, 2.05) is 0 Å². The van der Waals surface area contributed by atoms with Crippen LogP contribution < -0.4 is 5.32 Å². The quantitative estimate of drug-likeness (QED) is 0.873. The van der Waals surface area contributed by atoms with Crippen molar-refractivity contribution in [3.63, 3.8) is 0 Å². The number of halogens is 3. The van der Waals surface area contributed by atoms with Gasteiger partial charge in [0.2, 0.25) is 0 Å². The number of nitrogens with one attached hydrogen (secondary N) is 2. The molecule has 0 saturated heterocycles. The number of alkyl halides is 3. The molecule has 1 aromatic heterocycles. The average Bonchev–Trinajstić information content (AvgIpc) is 2.95. The zero-order chi connectivity index (χ0) is 17.3. The Morgan fingerprint density at radius 1 is 1.33 bits per heavy atom. The van der Waals surface area contributed by atoms with Crippen molar-refractivity contribution in [2.75, 3.05) is 0 Å². The maximum atomic E-state index is 12.9. The summed E-state index contributed by atoms with van der Waals surface area (Å²) < 4.78 is 38.6. The van der Waals surface area contributed by atoms with Crippen LogP contribution in [0.1, 0.15) is 49.2 Å². The Hall–Kier alpha value is -2.05. The molecule has 2 N–H and O–H groups in total. The van der Waals surface area contributed by atoms with Gasteiger partial charge in [0.25, 0.3) is 5.91 Å². The Balaban J connectivity index is 1.55. The van der Waals surface area contributed by atoms with Gasteiger partial charge >= 0.3 is 6.18 Å². The van der Waals surface area contributed by atoms with Gasteiger partial charge in [-0.05, 0) is 48.3 Å². The molecule has 128 valence electrons. The second-order valence-corrected chi connectivity index (χ2v) is 7.94. The molecule has 4 nitrogen and oxygen atoms in total. The molecule has 2 fully saturated rings. The van der Waals surface area contributed by atoms with E-state index >= 15 is 0 Å². The van der Waals surface area contributed by atoms with Crippen molar-refractivity contribution in [1.82, 2.24) is 15.5 Å². The predicted molar refractivity (Wildman–Crippen MR) is 82.4 cm³/mol. The summed E-state index contributed by atoms with van der Waals surface area (Å²) >= 11 is 0. The molecule has 24 heavy (non-hydrogen) atoms. The summed E-state index contributed by atoms with van der Waals surface area (Å²) in [5.74, 6) is -0.410. The van der Waals surface area contributed by atoms with Crippen molar-refractivity contribution in [1.29, 1.82) is 0 Å². The normalized spacial score (nSPS) is 24.0. The van der Waals surface area contributed by atoms with Gasteiger partial charge in [-0.1, -0.05) is 13.8 Å². The summed E-state index contributed by atoms with van der Waals surface area (Å²) in [7, 11) is 0. The van der Waals surface area contributed by atoms with Crippen LogP contribution in [-0.4, -0.2) is 22.1 Å². The van der Waals surface area contributed by atoms with E-state index in [2.05, 4.69) is 29.4 Å². The molecule has 2 aromatic rings. The van der Waals surface area contributed by atoms with Crippen LogP contribution in [0.3, 0.4) is 0 Å². The minimum atomic E-state index is -4.45. The van der Waals surface area contributed by atoms with Gasteiger partial charge in [0, 0.05) is 11.4 Å². The maximum absolute atomic E-state index is 12.9. The molecule has 1 amide bonds. The lowest BCUT2D eigenvalue weighted by Crippen LogP contribution is -2.40. The number of aromatic nitrogens is 2. The third kappa shape index (κ3) is 2.37. The number of carbonyl (C=O) groups excluding carboxylic acids is 1. The molecule has 0 aliphatic heterocycles. The van der Waals surface area contributed by atoms with Gasteiger partial charge in [-0.2, -0.15) is 18.3 Å². The molecule has 1 atom stereocenters. The first-order valence-corrected chi connectivity index (χ1v) is 7.96. The first-order chi connectivity index (χ1) is 11.1. The molecule has 1 unspecified atom stereocenters. The number of amides is 1. The van der Waals surface area contributed by atoms with E-state index in [0.29, 0.717) is 10.9 Å². The lowest BCUT2D eigenvalue weighted by atomic mass is 9.61. The second kappa shape index (κ2) is 4.52. The van der Waals surface area contributed by atoms with Gasteiger partial charge in [-0.3, -0.25) is 9.89 Å². The van der Waals surface area contributed by atoms with Crippen LogP contribution in [0.5, 0.6) is 0 Å². The fourth-order valence-corrected chi connectivity index (χ4v) is 4.39. The summed E-state index contributed by atoms with van der Waals surface area (Å²) in [6, 6.07) is 3.36. The standard InChI is InChI=1S/C17H18F3N3O/c1-15(2)7-16(8-15)6-12(16)21-14(24)13-10-5-9(17(18,19)20)3-4-11(10)22-23-13/h3-5,12H,6-8H2,1-2H3,(H,21,24)(H,22,23). The van der Waals surface area contributed by atoms with Crippen LogP contribution in [0.15, 0.2) is 18.2 Å². The van der Waals surface area contributed by atoms with E-state index in [4.69, 9.17) is 0 Å². The third-order valence-corrected chi connectivity index (χ3v) is 5.26. The average molecular weight is 337 g/mol. The first-order valence-electron chi connectivity index (χ1n) is 7.96. The number of fused-ring (bicyclic) bond motifs is 1. The number of carbonyl (C=O) groups is 1. The van der Waals surface area contributed by atoms with Gasteiger partial charge in [-0.15, -0.1) is 0 Å². The van der Waals surface area contributed by atoms with Crippen molar-refractivity contribution >= 4 is 16.8 Å². The highest BCUT2D eigenvalue weighted by molar-refractivity contribution is 6.05. The van der Waals surface area contributed by atoms with Crippen LogP contribution in [-0.2, 0) is 6.18 Å². The van der Waals surface area contributed by atoms with Crippen molar-refractivity contribution in [3.8, 4) is 0 Å². The van der Waals surface area contributed by atoms with Crippen LogP contribution in [0.25, 0.3) is 10.9 Å². The Bertz CT molecular complexity index is 829. The van der Waals surface area contributed by atoms with Crippen LogP contribution in [0.2, 0.25) is 0 Å². The highest BCUT2D eigenvalue weighted by Crippen LogP contribution is 2.68. The number of aromatic amines is 1. The van der Waals surface area contributed by atoms with Gasteiger partial charge < -0.3 is 5.32 Å². The smallest absolute Gasteiger partial charge is 0.347 e. The molecular weight excluding hydrogens is 319 g/mol. The van der Waals surface area contributed by atoms with Crippen molar-refractivity contribution in [2.45, 2.75) is 45.3 Å². The molecule has 1 spiro atoms. The Kier molecular flexibility index (Phi) is 2.91. The zero-order valence-electron chi connectivity index (χ0n) is 13.4. The molecule has 2 aliphatic carbocycles. The van der Waals surface area contributed by atoms with E-state index in [0.717, 1.165) is 31.4 Å². The summed E-state index contributed by atoms with van der Waals surface area (Å²) in [5.41, 5.74) is 0.178. The minimum Gasteiger partial charge on any atom is -0.347 e. The number of hydrogen-bond acceptors (Lipinski definition) is 2. The monoisotopic (exact) mass is 337 g/mol. The largest absolute Gasteiger partial charge is 0.416 e. The van der Waals surface area contributed by atoms with Gasteiger partial charge in [0.1, 0.15) is 0 Å². The number of nitrogens with zero attached hydrogens (tertiary/aromatic N) is 1. The topological polar surface area (TPSA) is 57.8 Å². The van der Waals surface area contributed by atoms with Crippen LogP contribution in [0.4, 0.5) is 13.2 Å². The summed E-state index contributed by atoms with van der Waals surface area (Å²) in [5, 5.41) is 9.67. The Labute approximate surface area is 136 Å². The van der Waals surface area contributed by atoms with E-state index in [1.165, 1.54) is 6.07 Å². The summed E-state index contributed by atoms with van der Waals surface area (Å²) in [4.78, 5) is 12.4. The molecule has 0 radical (unpaired) electrons. The lowest BCUT2D eigenvalue weighted by Gasteiger charge is -2.44. The molecule has 2 aliphatic rings.